The molecule has 5 nitrogen and oxygen atoms in total. The highest BCUT2D eigenvalue weighted by molar-refractivity contribution is 5.11. The molecule has 0 spiro atoms. The molecule has 0 amide bonds. The molecule has 0 saturated carbocycles. The lowest BCUT2D eigenvalue weighted by Crippen LogP contribution is -2.07. The van der Waals surface area contributed by atoms with Crippen LogP contribution in [0, 0.1) is 0 Å². The van der Waals surface area contributed by atoms with Crippen LogP contribution in [0.25, 0.3) is 0 Å². The maximum atomic E-state index is 4.69. The molecule has 0 N–H and O–H groups in total. The van der Waals surface area contributed by atoms with Gasteiger partial charge in [-0.1, -0.05) is 19.0 Å². The largest absolute Gasteiger partial charge is 0.343 e. The summed E-state index contributed by atoms with van der Waals surface area (Å²) in [5.74, 6) is 0.662. The second-order valence-electron chi connectivity index (χ2n) is 3.34. The van der Waals surface area contributed by atoms with E-state index in [0.29, 0.717) is 12.4 Å². The van der Waals surface area contributed by atoms with E-state index in [1.165, 1.54) is 12.1 Å². The Morgan fingerprint density at radius 3 is 2.80 bits per heavy atom. The van der Waals surface area contributed by atoms with E-state index in [1.807, 2.05) is 4.68 Å². The fraction of sp³-hybridized carbons (Fsp3) is 0.500. The van der Waals surface area contributed by atoms with Crippen LogP contribution in [-0.2, 0) is 19.4 Å². The summed E-state index contributed by atoms with van der Waals surface area (Å²) < 4.78 is 6.63. The van der Waals surface area contributed by atoms with Gasteiger partial charge < -0.3 is 4.52 Å². The van der Waals surface area contributed by atoms with E-state index in [2.05, 4.69) is 35.2 Å². The molecule has 2 heterocycles. The first-order valence-corrected chi connectivity index (χ1v) is 5.14. The van der Waals surface area contributed by atoms with Gasteiger partial charge in [-0.05, 0) is 18.9 Å². The highest BCUT2D eigenvalue weighted by atomic mass is 16.5. The molecule has 5 heteroatoms. The number of nitrogens with zero attached hydrogens (tertiary/aromatic N) is 4. The lowest BCUT2D eigenvalue weighted by Gasteiger charge is -2.01. The van der Waals surface area contributed by atoms with Crippen LogP contribution >= 0.6 is 0 Å². The zero-order chi connectivity index (χ0) is 10.7. The van der Waals surface area contributed by atoms with Crippen LogP contribution in [0.5, 0.6) is 0 Å². The minimum Gasteiger partial charge on any atom is -0.343 e. The number of hydrogen-bond donors (Lipinski definition) is 0. The van der Waals surface area contributed by atoms with Gasteiger partial charge in [0.05, 0.1) is 5.69 Å². The van der Waals surface area contributed by atoms with Gasteiger partial charge in [0.2, 0.25) is 6.39 Å². The normalized spacial score (nSPS) is 10.8. The fourth-order valence-corrected chi connectivity index (χ4v) is 1.51. The molecule has 0 radical (unpaired) electrons. The molecular weight excluding hydrogens is 192 g/mol. The molecule has 0 aliphatic heterocycles. The first-order chi connectivity index (χ1) is 7.33. The second-order valence-corrected chi connectivity index (χ2v) is 3.34. The van der Waals surface area contributed by atoms with Gasteiger partial charge in [-0.25, -0.2) is 0 Å². The quantitative estimate of drug-likeness (QED) is 0.759. The van der Waals surface area contributed by atoms with Crippen molar-refractivity contribution in [3.63, 3.8) is 0 Å². The average molecular weight is 206 g/mol. The van der Waals surface area contributed by atoms with E-state index in [1.54, 1.807) is 0 Å². The van der Waals surface area contributed by atoms with E-state index in [-0.39, 0.29) is 0 Å². The zero-order valence-electron chi connectivity index (χ0n) is 8.97. The highest BCUT2D eigenvalue weighted by Crippen LogP contribution is 2.07. The standard InChI is InChI=1S/C10H14N4O/c1-3-8-5-9(4-2)14(12-8)6-10-11-7-15-13-10/h5,7H,3-4,6H2,1-2H3. The van der Waals surface area contributed by atoms with Gasteiger partial charge in [-0.3, -0.25) is 4.68 Å². The van der Waals surface area contributed by atoms with Crippen molar-refractivity contribution in [3.8, 4) is 0 Å². The lowest BCUT2D eigenvalue weighted by atomic mass is 10.2. The Balaban J connectivity index is 2.23. The summed E-state index contributed by atoms with van der Waals surface area (Å²) in [5.41, 5.74) is 2.31. The summed E-state index contributed by atoms with van der Waals surface area (Å²) in [7, 11) is 0. The average Bonchev–Trinajstić information content (AvgIpc) is 2.87. The van der Waals surface area contributed by atoms with Crippen LogP contribution in [0.15, 0.2) is 17.0 Å². The van der Waals surface area contributed by atoms with Crippen molar-refractivity contribution in [2.24, 2.45) is 0 Å². The van der Waals surface area contributed by atoms with Crippen molar-refractivity contribution in [2.45, 2.75) is 33.2 Å². The molecule has 80 valence electrons. The van der Waals surface area contributed by atoms with Crippen LogP contribution in [-0.4, -0.2) is 19.9 Å². The number of rotatable bonds is 4. The van der Waals surface area contributed by atoms with Gasteiger partial charge in [-0.2, -0.15) is 10.1 Å². The van der Waals surface area contributed by atoms with Crippen LogP contribution in [0.2, 0.25) is 0 Å². The molecule has 0 unspecified atom stereocenters. The summed E-state index contributed by atoms with van der Waals surface area (Å²) in [6, 6.07) is 2.13. The molecule has 2 aromatic heterocycles. The third-order valence-electron chi connectivity index (χ3n) is 2.34. The van der Waals surface area contributed by atoms with E-state index in [4.69, 9.17) is 4.52 Å². The molecule has 0 fully saturated rings. The zero-order valence-corrected chi connectivity index (χ0v) is 8.97. The van der Waals surface area contributed by atoms with Crippen LogP contribution in [0.3, 0.4) is 0 Å². The summed E-state index contributed by atoms with van der Waals surface area (Å²) in [6.45, 7) is 4.79. The van der Waals surface area contributed by atoms with Crippen LogP contribution < -0.4 is 0 Å². The topological polar surface area (TPSA) is 56.7 Å². The van der Waals surface area contributed by atoms with Gasteiger partial charge in [0.15, 0.2) is 5.82 Å². The molecule has 0 saturated heterocycles. The monoisotopic (exact) mass is 206 g/mol. The minimum atomic E-state index is 0.583. The van der Waals surface area contributed by atoms with Gasteiger partial charge >= 0.3 is 0 Å². The SMILES string of the molecule is CCc1cc(CC)n(Cc2ncon2)n1. The van der Waals surface area contributed by atoms with E-state index >= 15 is 0 Å². The molecule has 0 aliphatic carbocycles. The second kappa shape index (κ2) is 4.25. The molecule has 0 atom stereocenters. The van der Waals surface area contributed by atoms with E-state index in [0.717, 1.165) is 18.5 Å². The maximum Gasteiger partial charge on any atom is 0.213 e. The van der Waals surface area contributed by atoms with Crippen molar-refractivity contribution >= 4 is 0 Å². The molecule has 15 heavy (non-hydrogen) atoms. The molecule has 0 aromatic carbocycles. The van der Waals surface area contributed by atoms with Crippen molar-refractivity contribution < 1.29 is 4.52 Å². The predicted octanol–water partition coefficient (Wildman–Crippen LogP) is 1.44. The molecule has 2 aromatic rings. The highest BCUT2D eigenvalue weighted by Gasteiger charge is 2.07. The number of hydrogen-bond acceptors (Lipinski definition) is 4. The predicted molar refractivity (Wildman–Crippen MR) is 54.4 cm³/mol. The smallest absolute Gasteiger partial charge is 0.213 e. The Labute approximate surface area is 88.1 Å². The fourth-order valence-electron chi connectivity index (χ4n) is 1.51. The minimum absolute atomic E-state index is 0.583. The number of aryl methyl sites for hydroxylation is 2. The lowest BCUT2D eigenvalue weighted by molar-refractivity contribution is 0.406. The van der Waals surface area contributed by atoms with Gasteiger partial charge in [-0.15, -0.1) is 0 Å². The summed E-state index contributed by atoms with van der Waals surface area (Å²) in [4.78, 5) is 3.98. The van der Waals surface area contributed by atoms with E-state index in [9.17, 15) is 0 Å². The first-order valence-electron chi connectivity index (χ1n) is 5.14. The van der Waals surface area contributed by atoms with Crippen molar-refractivity contribution in [1.82, 2.24) is 19.9 Å². The Morgan fingerprint density at radius 1 is 1.33 bits per heavy atom. The number of aromatic nitrogens is 4. The summed E-state index contributed by atoms with van der Waals surface area (Å²) in [5, 5.41) is 8.24. The molecule has 2 rings (SSSR count). The summed E-state index contributed by atoms with van der Waals surface area (Å²) >= 11 is 0. The summed E-state index contributed by atoms with van der Waals surface area (Å²) in [6.07, 6.45) is 3.25. The first kappa shape index (κ1) is 9.89. The third-order valence-corrected chi connectivity index (χ3v) is 2.34. The molecular formula is C10H14N4O. The Kier molecular flexibility index (Phi) is 2.80. The van der Waals surface area contributed by atoms with Crippen LogP contribution in [0.1, 0.15) is 31.1 Å². The van der Waals surface area contributed by atoms with Gasteiger partial charge in [0.1, 0.15) is 6.54 Å². The van der Waals surface area contributed by atoms with Crippen molar-refractivity contribution in [1.29, 1.82) is 0 Å². The molecule has 0 aliphatic rings. The Bertz CT molecular complexity index is 419. The molecule has 0 bridgehead atoms. The van der Waals surface area contributed by atoms with Crippen molar-refractivity contribution in [3.05, 3.63) is 29.7 Å². The van der Waals surface area contributed by atoms with Crippen molar-refractivity contribution in [2.75, 3.05) is 0 Å². The third kappa shape index (κ3) is 2.06. The Morgan fingerprint density at radius 2 is 2.20 bits per heavy atom. The maximum absolute atomic E-state index is 4.69. The van der Waals surface area contributed by atoms with Gasteiger partial charge in [0.25, 0.3) is 0 Å². The van der Waals surface area contributed by atoms with Crippen LogP contribution in [0.4, 0.5) is 0 Å². The van der Waals surface area contributed by atoms with E-state index < -0.39 is 0 Å². The van der Waals surface area contributed by atoms with Gasteiger partial charge in [0, 0.05) is 5.69 Å². The Hall–Kier alpha value is -1.65.